The zero-order valence-electron chi connectivity index (χ0n) is 20.8. The molecule has 1 aliphatic carbocycles. The summed E-state index contributed by atoms with van der Waals surface area (Å²) in [6.07, 6.45) is 2.48. The number of benzene rings is 1. The Morgan fingerprint density at radius 1 is 1.11 bits per heavy atom. The lowest BCUT2D eigenvalue weighted by atomic mass is 10.1. The van der Waals surface area contributed by atoms with Crippen molar-refractivity contribution in [2.45, 2.75) is 70.3 Å². The molecule has 0 aromatic heterocycles. The lowest BCUT2D eigenvalue weighted by Gasteiger charge is -2.25. The van der Waals surface area contributed by atoms with Gasteiger partial charge in [0.2, 0.25) is 17.7 Å². The minimum absolute atomic E-state index is 0.126. The van der Waals surface area contributed by atoms with Crippen LogP contribution in [0.4, 0.5) is 0 Å². The van der Waals surface area contributed by atoms with Gasteiger partial charge in [0.25, 0.3) is 0 Å². The zero-order valence-corrected chi connectivity index (χ0v) is 20.8. The van der Waals surface area contributed by atoms with Crippen molar-refractivity contribution < 1.29 is 19.5 Å². The van der Waals surface area contributed by atoms with Gasteiger partial charge in [-0.05, 0) is 61.8 Å². The van der Waals surface area contributed by atoms with Crippen molar-refractivity contribution in [2.24, 2.45) is 11.8 Å². The SMILES string of the molecule is CC(C)C(=O)N1C[C@H](NC(=O)[C@H]2NCC[C@H]2O)C[C@@H]1C(=O)NCc1ccc(C#CC#CC2CC2)cc1. The van der Waals surface area contributed by atoms with Crippen LogP contribution in [-0.4, -0.2) is 65.0 Å². The highest BCUT2D eigenvalue weighted by Crippen LogP contribution is 2.27. The van der Waals surface area contributed by atoms with Gasteiger partial charge in [0.1, 0.15) is 12.1 Å². The molecular weight excluding hydrogens is 456 g/mol. The van der Waals surface area contributed by atoms with Crippen molar-refractivity contribution in [3.05, 3.63) is 35.4 Å². The second-order valence-electron chi connectivity index (χ2n) is 10.1. The number of nitrogens with zero attached hydrogens (tertiary/aromatic N) is 1. The first-order valence-corrected chi connectivity index (χ1v) is 12.7. The van der Waals surface area contributed by atoms with Crippen LogP contribution in [0, 0.1) is 35.5 Å². The summed E-state index contributed by atoms with van der Waals surface area (Å²) in [5.41, 5.74) is 1.78. The van der Waals surface area contributed by atoms with Gasteiger partial charge in [0.15, 0.2) is 0 Å². The molecule has 3 fully saturated rings. The molecule has 0 bridgehead atoms. The first-order chi connectivity index (χ1) is 17.3. The summed E-state index contributed by atoms with van der Waals surface area (Å²) < 4.78 is 0. The molecule has 4 rings (SSSR count). The summed E-state index contributed by atoms with van der Waals surface area (Å²) in [5, 5.41) is 18.8. The number of hydrogen-bond donors (Lipinski definition) is 4. The third-order valence-electron chi connectivity index (χ3n) is 6.74. The van der Waals surface area contributed by atoms with Crippen LogP contribution in [0.1, 0.15) is 50.7 Å². The second kappa shape index (κ2) is 11.6. The molecule has 3 amide bonds. The minimum Gasteiger partial charge on any atom is -0.391 e. The van der Waals surface area contributed by atoms with Crippen molar-refractivity contribution in [1.82, 2.24) is 20.9 Å². The molecule has 8 heteroatoms. The highest BCUT2D eigenvalue weighted by atomic mass is 16.3. The van der Waals surface area contributed by atoms with Gasteiger partial charge in [0, 0.05) is 36.5 Å². The monoisotopic (exact) mass is 490 g/mol. The summed E-state index contributed by atoms with van der Waals surface area (Å²) in [4.78, 5) is 40.1. The fourth-order valence-electron chi connectivity index (χ4n) is 4.49. The van der Waals surface area contributed by atoms with E-state index in [1.165, 1.54) is 12.8 Å². The van der Waals surface area contributed by atoms with E-state index in [0.29, 0.717) is 31.8 Å². The van der Waals surface area contributed by atoms with Crippen LogP contribution in [0.3, 0.4) is 0 Å². The van der Waals surface area contributed by atoms with Gasteiger partial charge < -0.3 is 26.0 Å². The molecule has 4 atom stereocenters. The van der Waals surface area contributed by atoms with E-state index in [9.17, 15) is 19.5 Å². The maximum atomic E-state index is 13.1. The van der Waals surface area contributed by atoms with E-state index in [0.717, 1.165) is 11.1 Å². The third-order valence-corrected chi connectivity index (χ3v) is 6.74. The molecule has 0 spiro atoms. The number of aliphatic hydroxyl groups excluding tert-OH is 1. The van der Waals surface area contributed by atoms with E-state index in [4.69, 9.17) is 0 Å². The summed E-state index contributed by atoms with van der Waals surface area (Å²) in [6.45, 7) is 4.76. The molecule has 1 aromatic rings. The number of likely N-dealkylation sites (tertiary alicyclic amines) is 1. The van der Waals surface area contributed by atoms with Crippen LogP contribution in [-0.2, 0) is 20.9 Å². The normalized spacial score (nSPS) is 24.9. The lowest BCUT2D eigenvalue weighted by Crippen LogP contribution is -2.50. The molecule has 1 aromatic carbocycles. The van der Waals surface area contributed by atoms with E-state index >= 15 is 0 Å². The highest BCUT2D eigenvalue weighted by Gasteiger charge is 2.42. The Hall–Kier alpha value is -3.33. The van der Waals surface area contributed by atoms with Crippen LogP contribution < -0.4 is 16.0 Å². The number of amides is 3. The molecule has 0 unspecified atom stereocenters. The summed E-state index contributed by atoms with van der Waals surface area (Å²) >= 11 is 0. The number of hydrogen-bond acceptors (Lipinski definition) is 5. The predicted octanol–water partition coefficient (Wildman–Crippen LogP) is 0.532. The van der Waals surface area contributed by atoms with Gasteiger partial charge in [-0.2, -0.15) is 0 Å². The molecule has 1 saturated carbocycles. The van der Waals surface area contributed by atoms with Gasteiger partial charge in [-0.25, -0.2) is 0 Å². The fourth-order valence-corrected chi connectivity index (χ4v) is 4.49. The highest BCUT2D eigenvalue weighted by molar-refractivity contribution is 5.89. The van der Waals surface area contributed by atoms with Crippen LogP contribution in [0.25, 0.3) is 0 Å². The fraction of sp³-hybridized carbons (Fsp3) is 0.536. The van der Waals surface area contributed by atoms with Crippen molar-refractivity contribution in [2.75, 3.05) is 13.1 Å². The van der Waals surface area contributed by atoms with Crippen molar-refractivity contribution in [3.63, 3.8) is 0 Å². The van der Waals surface area contributed by atoms with E-state index in [2.05, 4.69) is 39.6 Å². The summed E-state index contributed by atoms with van der Waals surface area (Å²) in [7, 11) is 0. The van der Waals surface area contributed by atoms with E-state index in [-0.39, 0.29) is 36.2 Å². The number of carbonyl (C=O) groups excluding carboxylic acids is 3. The first-order valence-electron chi connectivity index (χ1n) is 12.7. The molecule has 190 valence electrons. The Morgan fingerprint density at radius 2 is 1.86 bits per heavy atom. The average molecular weight is 491 g/mol. The second-order valence-corrected chi connectivity index (χ2v) is 10.1. The van der Waals surface area contributed by atoms with E-state index < -0.39 is 18.2 Å². The maximum Gasteiger partial charge on any atom is 0.243 e. The minimum atomic E-state index is -0.730. The Morgan fingerprint density at radius 3 is 2.50 bits per heavy atom. The van der Waals surface area contributed by atoms with Gasteiger partial charge in [0.05, 0.1) is 6.10 Å². The zero-order chi connectivity index (χ0) is 25.7. The number of carbonyl (C=O) groups is 3. The Labute approximate surface area is 212 Å². The molecule has 2 aliphatic heterocycles. The number of aliphatic hydroxyl groups is 1. The van der Waals surface area contributed by atoms with Crippen LogP contribution >= 0.6 is 0 Å². The van der Waals surface area contributed by atoms with E-state index in [1.54, 1.807) is 18.7 Å². The summed E-state index contributed by atoms with van der Waals surface area (Å²) in [5.74, 6) is 11.5. The molecule has 36 heavy (non-hydrogen) atoms. The standard InChI is InChI=1S/C28H34N4O4/c1-18(2)28(36)32-17-22(31-27(35)25-24(33)13-14-29-25)15-23(32)26(34)30-16-21-11-9-20(10-12-21)6-4-3-5-19-7-8-19/h9-12,18-19,22-25,29,33H,7-8,13-17H2,1-2H3,(H,30,34)(H,31,35)/t22-,23-,24-,25+/m1/s1. The van der Waals surface area contributed by atoms with Gasteiger partial charge in [-0.15, -0.1) is 0 Å². The topological polar surface area (TPSA) is 111 Å². The van der Waals surface area contributed by atoms with Crippen LogP contribution in [0.2, 0.25) is 0 Å². The lowest BCUT2D eigenvalue weighted by molar-refractivity contribution is -0.140. The van der Waals surface area contributed by atoms with Crippen LogP contribution in [0.15, 0.2) is 24.3 Å². The molecule has 3 aliphatic rings. The molecule has 2 saturated heterocycles. The van der Waals surface area contributed by atoms with Crippen molar-refractivity contribution >= 4 is 17.7 Å². The van der Waals surface area contributed by atoms with Crippen molar-refractivity contribution in [3.8, 4) is 23.7 Å². The van der Waals surface area contributed by atoms with Crippen molar-refractivity contribution in [1.29, 1.82) is 0 Å². The number of nitrogens with one attached hydrogen (secondary N) is 3. The smallest absolute Gasteiger partial charge is 0.243 e. The Bertz CT molecular complexity index is 1100. The Kier molecular flexibility index (Phi) is 8.30. The molecule has 8 nitrogen and oxygen atoms in total. The third kappa shape index (κ3) is 6.66. The predicted molar refractivity (Wildman–Crippen MR) is 135 cm³/mol. The van der Waals surface area contributed by atoms with Crippen LogP contribution in [0.5, 0.6) is 0 Å². The summed E-state index contributed by atoms with van der Waals surface area (Å²) in [6, 6.07) is 5.93. The molecule has 0 radical (unpaired) electrons. The average Bonchev–Trinajstić information content (AvgIpc) is 3.44. The molecule has 4 N–H and O–H groups in total. The van der Waals surface area contributed by atoms with Gasteiger partial charge in [-0.3, -0.25) is 14.4 Å². The molecule has 2 heterocycles. The Balaban J connectivity index is 1.33. The quantitative estimate of drug-likeness (QED) is 0.435. The first kappa shape index (κ1) is 25.8. The van der Waals surface area contributed by atoms with Gasteiger partial charge in [-0.1, -0.05) is 37.8 Å². The largest absolute Gasteiger partial charge is 0.391 e. The van der Waals surface area contributed by atoms with E-state index in [1.807, 2.05) is 24.3 Å². The number of rotatable bonds is 6. The van der Waals surface area contributed by atoms with Gasteiger partial charge >= 0.3 is 0 Å². The maximum absolute atomic E-state index is 13.1. The molecular formula is C28H34N4O4.